The third-order valence-corrected chi connectivity index (χ3v) is 3.77. The summed E-state index contributed by atoms with van der Waals surface area (Å²) in [5.74, 6) is -1.75. The van der Waals surface area contributed by atoms with Gasteiger partial charge in [-0.05, 0) is 12.8 Å². The second-order valence-corrected chi connectivity index (χ2v) is 4.89. The molecule has 2 unspecified atom stereocenters. The van der Waals surface area contributed by atoms with E-state index in [1.807, 2.05) is 0 Å². The molecule has 1 aromatic heterocycles. The lowest BCUT2D eigenvalue weighted by Gasteiger charge is -2.13. The molecule has 2 amide bonds. The molecule has 2 heterocycles. The average Bonchev–Trinajstić information content (AvgIpc) is 3.06. The number of likely N-dealkylation sites (tertiary alicyclic amines) is 1. The first kappa shape index (κ1) is 11.9. The summed E-state index contributed by atoms with van der Waals surface area (Å²) in [5.41, 5.74) is -0.228. The van der Waals surface area contributed by atoms with Gasteiger partial charge in [-0.3, -0.25) is 14.5 Å². The van der Waals surface area contributed by atoms with Crippen LogP contribution in [-0.4, -0.2) is 32.9 Å². The molecule has 2 atom stereocenters. The lowest BCUT2D eigenvalue weighted by molar-refractivity contribution is -0.141. The molecule has 7 heteroatoms. The number of aromatic carboxylic acids is 1. The van der Waals surface area contributed by atoms with Crippen LogP contribution in [-0.2, 0) is 16.1 Å². The van der Waals surface area contributed by atoms with Gasteiger partial charge in [0, 0.05) is 6.07 Å². The molecule has 19 heavy (non-hydrogen) atoms. The Balaban J connectivity index is 1.78. The van der Waals surface area contributed by atoms with Gasteiger partial charge in [0.2, 0.25) is 11.8 Å². The minimum absolute atomic E-state index is 0.0368. The number of rotatable bonds is 3. The monoisotopic (exact) mass is 264 g/mol. The highest BCUT2D eigenvalue weighted by Crippen LogP contribution is 2.40. The number of carbonyl (C=O) groups excluding carboxylic acids is 2. The molecule has 0 spiro atoms. The predicted octanol–water partition coefficient (Wildman–Crippen LogP) is 0.658. The topological polar surface area (TPSA) is 101 Å². The van der Waals surface area contributed by atoms with Crippen molar-refractivity contribution >= 4 is 17.8 Å². The van der Waals surface area contributed by atoms with Gasteiger partial charge >= 0.3 is 5.97 Å². The molecule has 1 saturated carbocycles. The molecule has 1 N–H and O–H groups in total. The van der Waals surface area contributed by atoms with E-state index >= 15 is 0 Å². The Morgan fingerprint density at radius 3 is 2.53 bits per heavy atom. The number of nitrogens with zero attached hydrogens (tertiary/aromatic N) is 2. The maximum absolute atomic E-state index is 12.1. The highest BCUT2D eigenvalue weighted by Gasteiger charge is 2.49. The molecule has 1 aliphatic heterocycles. The van der Waals surface area contributed by atoms with Crippen LogP contribution in [0.3, 0.4) is 0 Å². The van der Waals surface area contributed by atoms with Gasteiger partial charge < -0.3 is 9.63 Å². The van der Waals surface area contributed by atoms with Crippen molar-refractivity contribution in [3.63, 3.8) is 0 Å². The van der Waals surface area contributed by atoms with Gasteiger partial charge in [0.05, 0.1) is 18.4 Å². The Bertz CT molecular complexity index is 542. The number of carboxylic acid groups (broad SMARTS) is 1. The summed E-state index contributed by atoms with van der Waals surface area (Å²) in [4.78, 5) is 36.0. The van der Waals surface area contributed by atoms with Gasteiger partial charge in [-0.2, -0.15) is 0 Å². The molecule has 2 fully saturated rings. The van der Waals surface area contributed by atoms with Crippen LogP contribution < -0.4 is 0 Å². The number of carboxylic acids is 1. The van der Waals surface area contributed by atoms with E-state index in [-0.39, 0.29) is 41.6 Å². The van der Waals surface area contributed by atoms with Crippen LogP contribution in [0.25, 0.3) is 0 Å². The highest BCUT2D eigenvalue weighted by molar-refractivity contribution is 6.05. The normalized spacial score (nSPS) is 26.0. The van der Waals surface area contributed by atoms with E-state index in [4.69, 9.17) is 9.63 Å². The lowest BCUT2D eigenvalue weighted by atomic mass is 10.00. The number of hydrogen-bond donors (Lipinski definition) is 1. The van der Waals surface area contributed by atoms with Crippen LogP contribution in [0.15, 0.2) is 10.6 Å². The SMILES string of the molecule is O=C(O)c1cc(CN2C(=O)C3CCCC3C2=O)on1. The van der Waals surface area contributed by atoms with E-state index in [1.54, 1.807) is 0 Å². The molecule has 2 aliphatic rings. The van der Waals surface area contributed by atoms with Crippen LogP contribution in [0.1, 0.15) is 35.5 Å². The molecule has 1 saturated heterocycles. The van der Waals surface area contributed by atoms with Crippen molar-refractivity contribution in [3.05, 3.63) is 17.5 Å². The molecule has 0 aromatic carbocycles. The van der Waals surface area contributed by atoms with Gasteiger partial charge in [0.25, 0.3) is 0 Å². The zero-order valence-electron chi connectivity index (χ0n) is 10.0. The second kappa shape index (κ2) is 4.18. The van der Waals surface area contributed by atoms with E-state index in [0.29, 0.717) is 0 Å². The Hall–Kier alpha value is -2.18. The van der Waals surface area contributed by atoms with Crippen LogP contribution in [0.5, 0.6) is 0 Å². The van der Waals surface area contributed by atoms with Crippen molar-refractivity contribution in [2.45, 2.75) is 25.8 Å². The first-order chi connectivity index (χ1) is 9.08. The van der Waals surface area contributed by atoms with Gasteiger partial charge in [-0.25, -0.2) is 4.79 Å². The van der Waals surface area contributed by atoms with E-state index in [0.717, 1.165) is 24.2 Å². The van der Waals surface area contributed by atoms with Gasteiger partial charge in [0.1, 0.15) is 0 Å². The second-order valence-electron chi connectivity index (χ2n) is 4.89. The number of amides is 2. The van der Waals surface area contributed by atoms with Crippen molar-refractivity contribution in [2.24, 2.45) is 11.8 Å². The first-order valence-electron chi connectivity index (χ1n) is 6.12. The van der Waals surface area contributed by atoms with Crippen LogP contribution in [0, 0.1) is 11.8 Å². The standard InChI is InChI=1S/C12H12N2O5/c15-10-7-2-1-3-8(7)11(16)14(10)5-6-4-9(12(17)18)13-19-6/h4,7-8H,1-3,5H2,(H,17,18). The fraction of sp³-hybridized carbons (Fsp3) is 0.500. The summed E-state index contributed by atoms with van der Waals surface area (Å²) in [6, 6.07) is 1.23. The molecule has 100 valence electrons. The molecule has 1 aliphatic carbocycles. The summed E-state index contributed by atoms with van der Waals surface area (Å²) in [6.45, 7) is -0.0368. The molecular weight excluding hydrogens is 252 g/mol. The average molecular weight is 264 g/mol. The van der Waals surface area contributed by atoms with Crippen molar-refractivity contribution in [3.8, 4) is 0 Å². The third kappa shape index (κ3) is 1.81. The molecule has 3 rings (SSSR count). The first-order valence-corrected chi connectivity index (χ1v) is 6.12. The number of imide groups is 1. The molecule has 0 radical (unpaired) electrons. The summed E-state index contributed by atoms with van der Waals surface area (Å²) >= 11 is 0. The van der Waals surface area contributed by atoms with Crippen LogP contribution in [0.4, 0.5) is 0 Å². The van der Waals surface area contributed by atoms with Crippen molar-refractivity contribution in [1.29, 1.82) is 0 Å². The Morgan fingerprint density at radius 1 is 1.37 bits per heavy atom. The number of hydrogen-bond acceptors (Lipinski definition) is 5. The minimum Gasteiger partial charge on any atom is -0.476 e. The van der Waals surface area contributed by atoms with Gasteiger partial charge in [-0.15, -0.1) is 0 Å². The minimum atomic E-state index is -1.20. The number of aromatic nitrogens is 1. The quantitative estimate of drug-likeness (QED) is 0.805. The molecular formula is C12H12N2O5. The van der Waals surface area contributed by atoms with Crippen molar-refractivity contribution in [2.75, 3.05) is 0 Å². The van der Waals surface area contributed by atoms with E-state index in [9.17, 15) is 14.4 Å². The van der Waals surface area contributed by atoms with E-state index < -0.39 is 5.97 Å². The Kier molecular flexibility index (Phi) is 2.62. The van der Waals surface area contributed by atoms with Gasteiger partial charge in [0.15, 0.2) is 11.5 Å². The smallest absolute Gasteiger partial charge is 0.358 e. The predicted molar refractivity (Wildman–Crippen MR) is 59.9 cm³/mol. The molecule has 0 bridgehead atoms. The lowest BCUT2D eigenvalue weighted by Crippen LogP contribution is -2.31. The zero-order valence-corrected chi connectivity index (χ0v) is 10.0. The molecule has 7 nitrogen and oxygen atoms in total. The summed E-state index contributed by atoms with van der Waals surface area (Å²) in [7, 11) is 0. The Labute approximate surface area is 108 Å². The van der Waals surface area contributed by atoms with Crippen LogP contribution in [0.2, 0.25) is 0 Å². The van der Waals surface area contributed by atoms with Crippen molar-refractivity contribution < 1.29 is 24.0 Å². The van der Waals surface area contributed by atoms with Gasteiger partial charge in [-0.1, -0.05) is 11.6 Å². The Morgan fingerprint density at radius 2 is 2.00 bits per heavy atom. The van der Waals surface area contributed by atoms with Crippen molar-refractivity contribution in [1.82, 2.24) is 10.1 Å². The fourth-order valence-corrected chi connectivity index (χ4v) is 2.86. The highest BCUT2D eigenvalue weighted by atomic mass is 16.5. The summed E-state index contributed by atoms with van der Waals surface area (Å²) in [6.07, 6.45) is 2.41. The van der Waals surface area contributed by atoms with Crippen LogP contribution >= 0.6 is 0 Å². The maximum Gasteiger partial charge on any atom is 0.358 e. The fourth-order valence-electron chi connectivity index (χ4n) is 2.86. The third-order valence-electron chi connectivity index (χ3n) is 3.77. The number of carbonyl (C=O) groups is 3. The molecule has 1 aromatic rings. The number of fused-ring (bicyclic) bond motifs is 1. The van der Waals surface area contributed by atoms with E-state index in [2.05, 4.69) is 5.16 Å². The maximum atomic E-state index is 12.1. The van der Waals surface area contributed by atoms with E-state index in [1.165, 1.54) is 6.07 Å². The summed E-state index contributed by atoms with van der Waals surface area (Å²) in [5, 5.41) is 12.1. The summed E-state index contributed by atoms with van der Waals surface area (Å²) < 4.78 is 4.83. The zero-order chi connectivity index (χ0) is 13.6. The largest absolute Gasteiger partial charge is 0.476 e.